The Hall–Kier alpha value is -2.16. The van der Waals surface area contributed by atoms with Gasteiger partial charge in [-0.25, -0.2) is 0 Å². The minimum absolute atomic E-state index is 0.0187. The minimum Gasteiger partial charge on any atom is -0.497 e. The molecule has 0 saturated carbocycles. The Labute approximate surface area is 189 Å². The van der Waals surface area contributed by atoms with Gasteiger partial charge in [0.05, 0.1) is 39.1 Å². The van der Waals surface area contributed by atoms with Gasteiger partial charge in [-0.2, -0.15) is 0 Å². The Kier molecular flexibility index (Phi) is 8.00. The molecule has 0 spiro atoms. The van der Waals surface area contributed by atoms with E-state index in [4.69, 9.17) is 28.4 Å². The molecule has 2 aliphatic heterocycles. The van der Waals surface area contributed by atoms with Crippen LogP contribution in [-0.2, 0) is 18.9 Å². The Morgan fingerprint density at radius 3 is 1.94 bits per heavy atom. The van der Waals surface area contributed by atoms with E-state index in [2.05, 4.69) is 0 Å². The summed E-state index contributed by atoms with van der Waals surface area (Å²) in [6.45, 7) is 0.715. The summed E-state index contributed by atoms with van der Waals surface area (Å²) >= 11 is 0. The number of methoxy groups -OCH3 is 2. The van der Waals surface area contributed by atoms with E-state index in [1.807, 2.05) is 48.5 Å². The number of aliphatic hydroxyl groups excluding tert-OH is 1. The van der Waals surface area contributed by atoms with E-state index < -0.39 is 12.6 Å². The molecule has 7 heteroatoms. The van der Waals surface area contributed by atoms with Gasteiger partial charge in [0.25, 0.3) is 0 Å². The van der Waals surface area contributed by atoms with Gasteiger partial charge in [-0.3, -0.25) is 0 Å². The van der Waals surface area contributed by atoms with Gasteiger partial charge in [0, 0.05) is 30.6 Å². The molecule has 0 aliphatic carbocycles. The summed E-state index contributed by atoms with van der Waals surface area (Å²) in [4.78, 5) is 0. The zero-order chi connectivity index (χ0) is 22.3. The van der Waals surface area contributed by atoms with Crippen molar-refractivity contribution in [2.24, 2.45) is 0 Å². The molecule has 0 bridgehead atoms. The van der Waals surface area contributed by atoms with E-state index >= 15 is 0 Å². The first kappa shape index (κ1) is 23.0. The van der Waals surface area contributed by atoms with E-state index in [1.54, 1.807) is 14.2 Å². The highest BCUT2D eigenvalue weighted by Crippen LogP contribution is 2.36. The molecule has 5 atom stereocenters. The fourth-order valence-corrected chi connectivity index (χ4v) is 4.18. The lowest BCUT2D eigenvalue weighted by Gasteiger charge is -2.38. The third-order valence-electron chi connectivity index (χ3n) is 5.94. The molecule has 0 amide bonds. The summed E-state index contributed by atoms with van der Waals surface area (Å²) in [5.41, 5.74) is 1.90. The topological polar surface area (TPSA) is 75.6 Å². The third-order valence-corrected chi connectivity index (χ3v) is 5.94. The summed E-state index contributed by atoms with van der Waals surface area (Å²) in [7, 11) is 3.29. The number of ether oxygens (including phenoxy) is 6. The fourth-order valence-electron chi connectivity index (χ4n) is 4.18. The molecule has 0 radical (unpaired) electrons. The molecule has 4 rings (SSSR count). The molecule has 2 aliphatic rings. The van der Waals surface area contributed by atoms with Gasteiger partial charge in [0.1, 0.15) is 11.5 Å². The maximum absolute atomic E-state index is 9.46. The van der Waals surface area contributed by atoms with Crippen molar-refractivity contribution in [3.63, 3.8) is 0 Å². The quantitative estimate of drug-likeness (QED) is 0.655. The normalized spacial score (nSPS) is 28.3. The Morgan fingerprint density at radius 1 is 0.781 bits per heavy atom. The van der Waals surface area contributed by atoms with Crippen LogP contribution in [0.2, 0.25) is 0 Å². The highest BCUT2D eigenvalue weighted by molar-refractivity contribution is 5.28. The lowest BCUT2D eigenvalue weighted by atomic mass is 9.99. The van der Waals surface area contributed by atoms with Crippen molar-refractivity contribution in [1.82, 2.24) is 0 Å². The van der Waals surface area contributed by atoms with Crippen LogP contribution in [0.1, 0.15) is 49.4 Å². The average molecular weight is 445 g/mol. The van der Waals surface area contributed by atoms with E-state index in [0.717, 1.165) is 41.9 Å². The first-order chi connectivity index (χ1) is 15.7. The Balaban J connectivity index is 1.40. The molecule has 2 fully saturated rings. The maximum atomic E-state index is 9.46. The van der Waals surface area contributed by atoms with Crippen molar-refractivity contribution in [2.75, 3.05) is 27.4 Å². The first-order valence-corrected chi connectivity index (χ1v) is 11.1. The second-order valence-electron chi connectivity index (χ2n) is 8.13. The first-order valence-electron chi connectivity index (χ1n) is 11.1. The molecule has 32 heavy (non-hydrogen) atoms. The number of rotatable bonds is 8. The zero-order valence-corrected chi connectivity index (χ0v) is 18.6. The van der Waals surface area contributed by atoms with Gasteiger partial charge in [-0.15, -0.1) is 0 Å². The van der Waals surface area contributed by atoms with Crippen molar-refractivity contribution in [1.29, 1.82) is 0 Å². The van der Waals surface area contributed by atoms with Crippen molar-refractivity contribution < 1.29 is 33.5 Å². The summed E-state index contributed by atoms with van der Waals surface area (Å²) in [6, 6.07) is 15.4. The minimum atomic E-state index is -0.478. The molecule has 2 saturated heterocycles. The van der Waals surface area contributed by atoms with Crippen molar-refractivity contribution >= 4 is 0 Å². The standard InChI is InChI=1S/C25H32O7/c1-27-19-7-3-17(4-8-19)24-29-14-12-22(30-24)16-23-15-21(11-13-26)31-25(32-23)18-5-9-20(28-2)10-6-18/h3-10,21-26H,11-16H2,1-2H3/t21-,22-,23-,24-,25-/m0/s1. The number of benzene rings is 2. The number of aliphatic hydroxyl groups is 1. The van der Waals surface area contributed by atoms with Crippen molar-refractivity contribution in [2.45, 2.75) is 56.6 Å². The van der Waals surface area contributed by atoms with Gasteiger partial charge in [0.2, 0.25) is 0 Å². The summed E-state index contributed by atoms with van der Waals surface area (Å²) in [5, 5.41) is 9.46. The summed E-state index contributed by atoms with van der Waals surface area (Å²) in [5.74, 6) is 1.59. The molecule has 2 heterocycles. The average Bonchev–Trinajstić information content (AvgIpc) is 2.84. The zero-order valence-electron chi connectivity index (χ0n) is 18.6. The van der Waals surface area contributed by atoms with Crippen LogP contribution in [0.3, 0.4) is 0 Å². The second-order valence-corrected chi connectivity index (χ2v) is 8.13. The Bertz CT molecular complexity index is 823. The fraction of sp³-hybridized carbons (Fsp3) is 0.520. The number of hydrogen-bond donors (Lipinski definition) is 1. The van der Waals surface area contributed by atoms with Crippen LogP contribution in [0, 0.1) is 0 Å². The monoisotopic (exact) mass is 444 g/mol. The van der Waals surface area contributed by atoms with Gasteiger partial charge < -0.3 is 33.5 Å². The van der Waals surface area contributed by atoms with Crippen molar-refractivity contribution in [3.05, 3.63) is 59.7 Å². The summed E-state index contributed by atoms with van der Waals surface area (Å²) in [6.07, 6.45) is 1.90. The lowest BCUT2D eigenvalue weighted by molar-refractivity contribution is -0.268. The largest absolute Gasteiger partial charge is 0.497 e. The molecular weight excluding hydrogens is 412 g/mol. The molecule has 2 aromatic carbocycles. The maximum Gasteiger partial charge on any atom is 0.184 e. The molecule has 0 unspecified atom stereocenters. The predicted molar refractivity (Wildman–Crippen MR) is 118 cm³/mol. The molecule has 7 nitrogen and oxygen atoms in total. The van der Waals surface area contributed by atoms with Gasteiger partial charge in [-0.05, 0) is 37.1 Å². The van der Waals surface area contributed by atoms with Gasteiger partial charge >= 0.3 is 0 Å². The van der Waals surface area contributed by atoms with Crippen LogP contribution in [0.15, 0.2) is 48.5 Å². The van der Waals surface area contributed by atoms with Gasteiger partial charge in [0.15, 0.2) is 12.6 Å². The lowest BCUT2D eigenvalue weighted by Crippen LogP contribution is -2.38. The van der Waals surface area contributed by atoms with Crippen molar-refractivity contribution in [3.8, 4) is 11.5 Å². The highest BCUT2D eigenvalue weighted by Gasteiger charge is 2.34. The van der Waals surface area contributed by atoms with Crippen LogP contribution in [-0.4, -0.2) is 50.9 Å². The third kappa shape index (κ3) is 5.79. The molecule has 174 valence electrons. The molecular formula is C25H32O7. The van der Waals surface area contributed by atoms with E-state index in [1.165, 1.54) is 0 Å². The number of hydrogen-bond acceptors (Lipinski definition) is 7. The van der Waals surface area contributed by atoms with E-state index in [-0.39, 0.29) is 24.9 Å². The van der Waals surface area contributed by atoms with Crippen LogP contribution in [0.4, 0.5) is 0 Å². The summed E-state index contributed by atoms with van der Waals surface area (Å²) < 4.78 is 35.0. The second kappa shape index (κ2) is 11.1. The predicted octanol–water partition coefficient (Wildman–Crippen LogP) is 4.15. The van der Waals surface area contributed by atoms with Crippen LogP contribution < -0.4 is 9.47 Å². The van der Waals surface area contributed by atoms with Gasteiger partial charge in [-0.1, -0.05) is 24.3 Å². The molecule has 1 N–H and O–H groups in total. The smallest absolute Gasteiger partial charge is 0.184 e. The molecule has 0 aromatic heterocycles. The highest BCUT2D eigenvalue weighted by atomic mass is 16.7. The van der Waals surface area contributed by atoms with Crippen LogP contribution in [0.25, 0.3) is 0 Å². The Morgan fingerprint density at radius 2 is 1.34 bits per heavy atom. The van der Waals surface area contributed by atoms with Crippen LogP contribution in [0.5, 0.6) is 11.5 Å². The van der Waals surface area contributed by atoms with E-state index in [0.29, 0.717) is 13.0 Å². The van der Waals surface area contributed by atoms with Crippen LogP contribution >= 0.6 is 0 Å². The van der Waals surface area contributed by atoms with E-state index in [9.17, 15) is 5.11 Å². The molecule has 2 aromatic rings. The SMILES string of the molecule is COc1ccc([C@H]2O[C@@H](CCO)C[C@@H](C[C@@H]3CCO[C@H](c4ccc(OC)cc4)O3)O2)cc1.